The standard InChI is InChI=1S/C29H22FN7O2/c30-21-8-4-3-6-18(21)14-25(28(39)37-29-31-11-12-32-29)36-27(38)19-9-10-22-23(15-19)35-26(34-22)24-13-17-5-1-2-7-20(17)16-33-24/h1-13,15-16,25H,14H2,(H,34,35)(H,36,38)(H2,31,32,37,39). The number of anilines is 1. The number of carbonyl (C=O) groups is 2. The maximum absolute atomic E-state index is 14.4. The molecule has 39 heavy (non-hydrogen) atoms. The van der Waals surface area contributed by atoms with Crippen LogP contribution in [0.15, 0.2) is 91.4 Å². The summed E-state index contributed by atoms with van der Waals surface area (Å²) < 4.78 is 14.4. The van der Waals surface area contributed by atoms with Gasteiger partial charge in [-0.2, -0.15) is 0 Å². The first-order valence-electron chi connectivity index (χ1n) is 12.2. The van der Waals surface area contributed by atoms with Crippen molar-refractivity contribution < 1.29 is 14.0 Å². The molecule has 3 aromatic carbocycles. The Morgan fingerprint density at radius 3 is 2.59 bits per heavy atom. The van der Waals surface area contributed by atoms with Gasteiger partial charge in [-0.25, -0.2) is 14.4 Å². The van der Waals surface area contributed by atoms with Crippen LogP contribution >= 0.6 is 0 Å². The minimum atomic E-state index is -1.06. The maximum Gasteiger partial charge on any atom is 0.252 e. The molecule has 0 fully saturated rings. The van der Waals surface area contributed by atoms with Crippen molar-refractivity contribution in [1.29, 1.82) is 0 Å². The molecule has 10 heteroatoms. The van der Waals surface area contributed by atoms with Crippen LogP contribution in [-0.4, -0.2) is 42.8 Å². The number of hydrogen-bond donors (Lipinski definition) is 4. The second-order valence-electron chi connectivity index (χ2n) is 8.98. The molecule has 0 radical (unpaired) electrons. The molecule has 6 rings (SSSR count). The molecule has 4 N–H and O–H groups in total. The fraction of sp³-hybridized carbons (Fsp3) is 0.0690. The fourth-order valence-corrected chi connectivity index (χ4v) is 4.36. The van der Waals surface area contributed by atoms with E-state index in [-0.39, 0.29) is 12.4 Å². The van der Waals surface area contributed by atoms with Crippen LogP contribution < -0.4 is 10.6 Å². The molecule has 0 spiro atoms. The van der Waals surface area contributed by atoms with Gasteiger partial charge in [0.25, 0.3) is 5.91 Å². The van der Waals surface area contributed by atoms with Crippen LogP contribution in [0.25, 0.3) is 33.3 Å². The summed E-state index contributed by atoms with van der Waals surface area (Å²) in [6.45, 7) is 0. The zero-order valence-corrected chi connectivity index (χ0v) is 20.5. The smallest absolute Gasteiger partial charge is 0.252 e. The van der Waals surface area contributed by atoms with Crippen molar-refractivity contribution in [3.8, 4) is 11.5 Å². The number of carbonyl (C=O) groups excluding carboxylic acids is 2. The Hall–Kier alpha value is -5.38. The second-order valence-corrected chi connectivity index (χ2v) is 8.98. The van der Waals surface area contributed by atoms with Crippen molar-refractivity contribution in [2.24, 2.45) is 0 Å². The van der Waals surface area contributed by atoms with Gasteiger partial charge in [-0.15, -0.1) is 0 Å². The van der Waals surface area contributed by atoms with E-state index in [9.17, 15) is 14.0 Å². The number of rotatable bonds is 7. The topological polar surface area (TPSA) is 128 Å². The van der Waals surface area contributed by atoms with E-state index in [1.54, 1.807) is 48.8 Å². The highest BCUT2D eigenvalue weighted by Gasteiger charge is 2.24. The average molecular weight is 520 g/mol. The summed E-state index contributed by atoms with van der Waals surface area (Å²) in [5.74, 6) is -0.692. The van der Waals surface area contributed by atoms with E-state index in [1.807, 2.05) is 30.3 Å². The summed E-state index contributed by atoms with van der Waals surface area (Å²) in [4.78, 5) is 45.4. The van der Waals surface area contributed by atoms with Gasteiger partial charge in [0.15, 0.2) is 5.82 Å². The van der Waals surface area contributed by atoms with Gasteiger partial charge in [0, 0.05) is 36.0 Å². The van der Waals surface area contributed by atoms with Crippen LogP contribution in [0.5, 0.6) is 0 Å². The Bertz CT molecular complexity index is 1810. The van der Waals surface area contributed by atoms with Gasteiger partial charge in [-0.05, 0) is 41.3 Å². The molecule has 2 amide bonds. The molecule has 0 aliphatic rings. The third-order valence-corrected chi connectivity index (χ3v) is 6.36. The summed E-state index contributed by atoms with van der Waals surface area (Å²) in [5, 5.41) is 7.42. The van der Waals surface area contributed by atoms with Crippen molar-refractivity contribution in [1.82, 2.24) is 30.2 Å². The Balaban J connectivity index is 1.26. The molecular formula is C29H22FN7O2. The van der Waals surface area contributed by atoms with Crippen LogP contribution in [0, 0.1) is 5.82 Å². The fourth-order valence-electron chi connectivity index (χ4n) is 4.36. The lowest BCUT2D eigenvalue weighted by Gasteiger charge is -2.18. The van der Waals surface area contributed by atoms with Crippen LogP contribution in [0.4, 0.5) is 10.3 Å². The average Bonchev–Trinajstić information content (AvgIpc) is 3.63. The molecule has 1 unspecified atom stereocenters. The van der Waals surface area contributed by atoms with Crippen molar-refractivity contribution in [2.75, 3.05) is 5.32 Å². The van der Waals surface area contributed by atoms with Gasteiger partial charge in [-0.3, -0.25) is 19.9 Å². The first kappa shape index (κ1) is 24.0. The molecule has 0 saturated carbocycles. The Labute approximate surface area is 221 Å². The highest BCUT2D eigenvalue weighted by molar-refractivity contribution is 6.02. The van der Waals surface area contributed by atoms with Gasteiger partial charge in [0.05, 0.1) is 11.0 Å². The third-order valence-electron chi connectivity index (χ3n) is 6.36. The van der Waals surface area contributed by atoms with Gasteiger partial charge in [0.2, 0.25) is 11.9 Å². The number of halogens is 1. The lowest BCUT2D eigenvalue weighted by Crippen LogP contribution is -2.45. The third kappa shape index (κ3) is 5.08. The lowest BCUT2D eigenvalue weighted by atomic mass is 10.0. The van der Waals surface area contributed by atoms with Crippen molar-refractivity contribution in [3.05, 3.63) is 108 Å². The number of H-pyrrole nitrogens is 2. The Kier molecular flexibility index (Phi) is 6.26. The van der Waals surface area contributed by atoms with Gasteiger partial charge < -0.3 is 15.3 Å². The highest BCUT2D eigenvalue weighted by Crippen LogP contribution is 2.23. The molecule has 3 aromatic heterocycles. The molecule has 0 aliphatic heterocycles. The van der Waals surface area contributed by atoms with E-state index in [4.69, 9.17) is 0 Å². The molecule has 9 nitrogen and oxygen atoms in total. The van der Waals surface area contributed by atoms with E-state index in [1.165, 1.54) is 12.3 Å². The monoisotopic (exact) mass is 519 g/mol. The van der Waals surface area contributed by atoms with E-state index in [2.05, 4.69) is 35.6 Å². The number of benzene rings is 3. The van der Waals surface area contributed by atoms with Crippen LogP contribution in [0.2, 0.25) is 0 Å². The summed E-state index contributed by atoms with van der Waals surface area (Å²) in [6, 6.07) is 19.9. The van der Waals surface area contributed by atoms with E-state index >= 15 is 0 Å². The predicted octanol–water partition coefficient (Wildman–Crippen LogP) is 4.62. The Morgan fingerprint density at radius 2 is 1.77 bits per heavy atom. The summed E-state index contributed by atoms with van der Waals surface area (Å²) in [6.07, 6.45) is 4.79. The minimum absolute atomic E-state index is 0.0466. The van der Waals surface area contributed by atoms with Crippen LogP contribution in [0.1, 0.15) is 15.9 Å². The zero-order valence-electron chi connectivity index (χ0n) is 20.5. The Morgan fingerprint density at radius 1 is 0.949 bits per heavy atom. The van der Waals surface area contributed by atoms with Crippen molar-refractivity contribution in [3.63, 3.8) is 0 Å². The van der Waals surface area contributed by atoms with Gasteiger partial charge >= 0.3 is 0 Å². The number of aromatic nitrogens is 5. The molecule has 0 saturated heterocycles. The molecule has 1 atom stereocenters. The molecule has 6 aromatic rings. The zero-order chi connectivity index (χ0) is 26.8. The first-order valence-corrected chi connectivity index (χ1v) is 12.2. The largest absolute Gasteiger partial charge is 0.340 e. The lowest BCUT2D eigenvalue weighted by molar-refractivity contribution is -0.118. The van der Waals surface area contributed by atoms with Crippen LogP contribution in [-0.2, 0) is 11.2 Å². The maximum atomic E-state index is 14.4. The van der Waals surface area contributed by atoms with Crippen molar-refractivity contribution >= 4 is 39.6 Å². The number of imidazole rings is 2. The number of aromatic amines is 2. The van der Waals surface area contributed by atoms with E-state index in [0.29, 0.717) is 33.7 Å². The van der Waals surface area contributed by atoms with Crippen LogP contribution in [0.3, 0.4) is 0 Å². The predicted molar refractivity (Wildman–Crippen MR) is 145 cm³/mol. The SMILES string of the molecule is O=C(NC(Cc1ccccc1F)C(=O)Nc1ncc[nH]1)c1ccc2nc(-c3cc4ccccc4cn3)[nH]c2c1. The number of pyridine rings is 1. The minimum Gasteiger partial charge on any atom is -0.340 e. The van der Waals surface area contributed by atoms with E-state index in [0.717, 1.165) is 10.8 Å². The number of amides is 2. The molecule has 0 bridgehead atoms. The summed E-state index contributed by atoms with van der Waals surface area (Å²) >= 11 is 0. The normalized spacial score (nSPS) is 11.9. The molecular weight excluding hydrogens is 497 g/mol. The second kappa shape index (κ2) is 10.2. The number of hydrogen-bond acceptors (Lipinski definition) is 5. The number of fused-ring (bicyclic) bond motifs is 2. The molecule has 192 valence electrons. The van der Waals surface area contributed by atoms with Gasteiger partial charge in [0.1, 0.15) is 17.6 Å². The first-order chi connectivity index (χ1) is 19.0. The quantitative estimate of drug-likeness (QED) is 0.245. The molecule has 0 aliphatic carbocycles. The van der Waals surface area contributed by atoms with E-state index < -0.39 is 23.7 Å². The number of nitrogens with zero attached hydrogens (tertiary/aromatic N) is 3. The molecule has 3 heterocycles. The van der Waals surface area contributed by atoms with Gasteiger partial charge in [-0.1, -0.05) is 42.5 Å². The highest BCUT2D eigenvalue weighted by atomic mass is 19.1. The number of nitrogens with one attached hydrogen (secondary N) is 4. The summed E-state index contributed by atoms with van der Waals surface area (Å²) in [7, 11) is 0. The van der Waals surface area contributed by atoms with Crippen molar-refractivity contribution in [2.45, 2.75) is 12.5 Å². The summed E-state index contributed by atoms with van der Waals surface area (Å²) in [5.41, 5.74) is 2.59.